The maximum Gasteiger partial charge on any atom is 0.244 e. The van der Waals surface area contributed by atoms with E-state index in [1.54, 1.807) is 17.8 Å². The van der Waals surface area contributed by atoms with Gasteiger partial charge in [-0.3, -0.25) is 9.79 Å². The van der Waals surface area contributed by atoms with Crippen LogP contribution in [0, 0.1) is 0 Å². The topological polar surface area (TPSA) is 78.8 Å². The van der Waals surface area contributed by atoms with Crippen LogP contribution >= 0.6 is 35.1 Å². The number of sulfonamides is 1. The molecule has 1 saturated heterocycles. The number of nitrogens with zero attached hydrogens (tertiary/aromatic N) is 2. The molecule has 0 radical (unpaired) electrons. The highest BCUT2D eigenvalue weighted by molar-refractivity contribution is 8.39. The van der Waals surface area contributed by atoms with E-state index in [1.165, 1.54) is 28.2 Å². The number of aliphatic imine (C=N–C) groups is 1. The summed E-state index contributed by atoms with van der Waals surface area (Å²) in [6.07, 6.45) is 2.75. The fourth-order valence-corrected chi connectivity index (χ4v) is 6.58. The molecule has 142 valence electrons. The van der Waals surface area contributed by atoms with E-state index in [1.807, 2.05) is 0 Å². The van der Waals surface area contributed by atoms with E-state index < -0.39 is 10.0 Å². The molecular weight excluding hydrogens is 414 g/mol. The van der Waals surface area contributed by atoms with Gasteiger partial charge in [0.15, 0.2) is 0 Å². The van der Waals surface area contributed by atoms with Gasteiger partial charge in [-0.05, 0) is 31.0 Å². The van der Waals surface area contributed by atoms with Gasteiger partial charge in [0, 0.05) is 24.5 Å². The number of carbonyl (C=O) groups excluding carboxylic acids is 1. The molecule has 2 heterocycles. The van der Waals surface area contributed by atoms with Crippen molar-refractivity contribution < 1.29 is 13.2 Å². The molecule has 10 heteroatoms. The predicted octanol–water partition coefficient (Wildman–Crippen LogP) is 3.29. The van der Waals surface area contributed by atoms with Crippen molar-refractivity contribution in [3.63, 3.8) is 0 Å². The normalized spacial score (nSPS) is 18.6. The van der Waals surface area contributed by atoms with E-state index in [2.05, 4.69) is 10.3 Å². The second kappa shape index (κ2) is 8.97. The van der Waals surface area contributed by atoms with Crippen molar-refractivity contribution in [1.82, 2.24) is 4.31 Å². The fraction of sp³-hybridized carbons (Fsp3) is 0.500. The lowest BCUT2D eigenvalue weighted by atomic mass is 10.2. The number of carbonyl (C=O) groups is 1. The van der Waals surface area contributed by atoms with Crippen LogP contribution in [0.2, 0.25) is 5.02 Å². The van der Waals surface area contributed by atoms with Gasteiger partial charge >= 0.3 is 0 Å². The molecule has 26 heavy (non-hydrogen) atoms. The molecule has 1 aromatic rings. The lowest BCUT2D eigenvalue weighted by molar-refractivity contribution is -0.113. The molecular formula is C16H20ClN3O3S3. The van der Waals surface area contributed by atoms with Gasteiger partial charge in [0.05, 0.1) is 17.3 Å². The van der Waals surface area contributed by atoms with Crippen LogP contribution in [0.1, 0.15) is 19.3 Å². The summed E-state index contributed by atoms with van der Waals surface area (Å²) in [6.45, 7) is 1.81. The minimum absolute atomic E-state index is 0.0437. The number of nitrogens with one attached hydrogen (secondary N) is 1. The highest BCUT2D eigenvalue weighted by Gasteiger charge is 2.28. The third-order valence-electron chi connectivity index (χ3n) is 4.03. The molecule has 0 spiro atoms. The molecule has 0 aliphatic carbocycles. The molecule has 2 aliphatic rings. The van der Waals surface area contributed by atoms with Gasteiger partial charge in [0.1, 0.15) is 9.27 Å². The Bertz CT molecular complexity index is 808. The Hall–Kier alpha value is -0.740. The summed E-state index contributed by atoms with van der Waals surface area (Å²) in [5.41, 5.74) is 0.427. The van der Waals surface area contributed by atoms with E-state index in [9.17, 15) is 13.2 Å². The highest BCUT2D eigenvalue weighted by atomic mass is 35.5. The smallest absolute Gasteiger partial charge is 0.244 e. The zero-order valence-electron chi connectivity index (χ0n) is 14.1. The summed E-state index contributed by atoms with van der Waals surface area (Å²) in [7, 11) is -3.65. The maximum absolute atomic E-state index is 12.9. The Morgan fingerprint density at radius 3 is 2.77 bits per heavy atom. The van der Waals surface area contributed by atoms with Gasteiger partial charge in [0.2, 0.25) is 15.9 Å². The van der Waals surface area contributed by atoms with Crippen LogP contribution in [-0.4, -0.2) is 54.1 Å². The van der Waals surface area contributed by atoms with Crippen LogP contribution in [0.3, 0.4) is 0 Å². The van der Waals surface area contributed by atoms with E-state index >= 15 is 0 Å². The summed E-state index contributed by atoms with van der Waals surface area (Å²) < 4.78 is 28.1. The number of hydrogen-bond acceptors (Lipinski definition) is 6. The first kappa shape index (κ1) is 20.0. The number of amides is 1. The van der Waals surface area contributed by atoms with Crippen LogP contribution in [0.4, 0.5) is 5.69 Å². The molecule has 1 amide bonds. The third kappa shape index (κ3) is 4.95. The second-order valence-electron chi connectivity index (χ2n) is 5.94. The van der Waals surface area contributed by atoms with Gasteiger partial charge in [-0.1, -0.05) is 41.5 Å². The van der Waals surface area contributed by atoms with Gasteiger partial charge in [0.25, 0.3) is 0 Å². The molecule has 0 bridgehead atoms. The zero-order valence-corrected chi connectivity index (χ0v) is 17.3. The summed E-state index contributed by atoms with van der Waals surface area (Å²) >= 11 is 9.18. The van der Waals surface area contributed by atoms with Crippen molar-refractivity contribution in [1.29, 1.82) is 0 Å². The third-order valence-corrected chi connectivity index (χ3v) is 8.66. The lowest BCUT2D eigenvalue weighted by Gasteiger charge is -2.26. The lowest BCUT2D eigenvalue weighted by Crippen LogP contribution is -2.35. The summed E-state index contributed by atoms with van der Waals surface area (Å²) in [5.74, 6) is 0.996. The van der Waals surface area contributed by atoms with Crippen molar-refractivity contribution in [3.8, 4) is 0 Å². The van der Waals surface area contributed by atoms with E-state index in [0.29, 0.717) is 18.8 Å². The molecule has 2 aliphatic heterocycles. The molecule has 3 rings (SSSR count). The first-order valence-electron chi connectivity index (χ1n) is 8.36. The average molecular weight is 434 g/mol. The fourth-order valence-electron chi connectivity index (χ4n) is 2.75. The minimum Gasteiger partial charge on any atom is -0.325 e. The van der Waals surface area contributed by atoms with Crippen LogP contribution < -0.4 is 5.32 Å². The van der Waals surface area contributed by atoms with E-state index in [-0.39, 0.29) is 21.6 Å². The molecule has 1 fully saturated rings. The first-order chi connectivity index (χ1) is 12.5. The molecule has 0 atom stereocenters. The van der Waals surface area contributed by atoms with Gasteiger partial charge in [-0.2, -0.15) is 4.31 Å². The van der Waals surface area contributed by atoms with E-state index in [0.717, 1.165) is 35.9 Å². The highest BCUT2D eigenvalue weighted by Crippen LogP contribution is 2.29. The van der Waals surface area contributed by atoms with Gasteiger partial charge < -0.3 is 5.32 Å². The van der Waals surface area contributed by atoms with Crippen molar-refractivity contribution in [2.75, 3.05) is 36.5 Å². The van der Waals surface area contributed by atoms with Crippen molar-refractivity contribution >= 4 is 61.1 Å². The maximum atomic E-state index is 12.9. The molecule has 0 saturated carbocycles. The summed E-state index contributed by atoms with van der Waals surface area (Å²) in [5, 5.41) is 2.91. The Balaban J connectivity index is 1.69. The van der Waals surface area contributed by atoms with Crippen LogP contribution in [0.25, 0.3) is 0 Å². The number of halogens is 1. The van der Waals surface area contributed by atoms with Crippen molar-refractivity contribution in [2.24, 2.45) is 4.99 Å². The number of hydrogen-bond donors (Lipinski definition) is 1. The quantitative estimate of drug-likeness (QED) is 0.770. The number of benzene rings is 1. The number of anilines is 1. The minimum atomic E-state index is -3.65. The molecule has 6 nitrogen and oxygen atoms in total. The average Bonchev–Trinajstić information content (AvgIpc) is 3.16. The van der Waals surface area contributed by atoms with Crippen LogP contribution in [-0.2, 0) is 14.8 Å². The van der Waals surface area contributed by atoms with Crippen molar-refractivity contribution in [2.45, 2.75) is 24.2 Å². The number of piperidine rings is 1. The van der Waals surface area contributed by atoms with Crippen LogP contribution in [0.15, 0.2) is 28.1 Å². The van der Waals surface area contributed by atoms with Gasteiger partial charge in [-0.25, -0.2) is 8.42 Å². The molecule has 1 aromatic carbocycles. The Labute approximate surface area is 167 Å². The number of thioether (sulfide) groups is 2. The largest absolute Gasteiger partial charge is 0.325 e. The summed E-state index contributed by atoms with van der Waals surface area (Å²) in [4.78, 5) is 16.5. The molecule has 0 unspecified atom stereocenters. The zero-order chi connectivity index (χ0) is 18.6. The van der Waals surface area contributed by atoms with Gasteiger partial charge in [-0.15, -0.1) is 0 Å². The molecule has 1 N–H and O–H groups in total. The summed E-state index contributed by atoms with van der Waals surface area (Å²) in [6, 6.07) is 4.57. The van der Waals surface area contributed by atoms with Crippen LogP contribution in [0.5, 0.6) is 0 Å². The first-order valence-corrected chi connectivity index (χ1v) is 12.2. The van der Waals surface area contributed by atoms with Crippen molar-refractivity contribution in [3.05, 3.63) is 23.2 Å². The van der Waals surface area contributed by atoms with E-state index in [4.69, 9.17) is 11.6 Å². The Morgan fingerprint density at radius 1 is 1.31 bits per heavy atom. The number of rotatable bonds is 5. The Morgan fingerprint density at radius 2 is 2.08 bits per heavy atom. The predicted molar refractivity (Wildman–Crippen MR) is 110 cm³/mol. The standard InChI is InChI=1S/C16H20ClN3O3S3/c17-13-5-4-12(19-15(21)11-25-16-18-6-9-24-16)10-14(13)26(22,23)20-7-2-1-3-8-20/h4-5,10H,1-3,6-9,11H2,(H,19,21). The SMILES string of the molecule is O=C(CSC1=NCCS1)Nc1ccc(Cl)c(S(=O)(=O)N2CCCCC2)c1. The molecule has 0 aromatic heterocycles. The second-order valence-corrected chi connectivity index (χ2v) is 10.6. The Kier molecular flexibility index (Phi) is 6.90. The monoisotopic (exact) mass is 433 g/mol.